The number of hydrogen-bond donors (Lipinski definition) is 0. The van der Waals surface area contributed by atoms with Crippen molar-refractivity contribution >= 4 is 5.91 Å². The Bertz CT molecular complexity index is 549. The van der Waals surface area contributed by atoms with Gasteiger partial charge in [0.05, 0.1) is 0 Å². The lowest BCUT2D eigenvalue weighted by atomic mass is 10.1. The van der Waals surface area contributed by atoms with Crippen molar-refractivity contribution in [3.63, 3.8) is 0 Å². The number of carbonyl (C=O) groups is 1. The van der Waals surface area contributed by atoms with Gasteiger partial charge >= 0.3 is 0 Å². The molecule has 0 fully saturated rings. The van der Waals surface area contributed by atoms with Crippen LogP contribution >= 0.6 is 0 Å². The molecule has 0 N–H and O–H groups in total. The van der Waals surface area contributed by atoms with Gasteiger partial charge in [0.25, 0.3) is 5.91 Å². The van der Waals surface area contributed by atoms with E-state index in [4.69, 9.17) is 0 Å². The van der Waals surface area contributed by atoms with Crippen LogP contribution in [0.15, 0.2) is 48.7 Å². The molecule has 0 radical (unpaired) electrons. The summed E-state index contributed by atoms with van der Waals surface area (Å²) in [5.74, 6) is -0.0157. The summed E-state index contributed by atoms with van der Waals surface area (Å²) in [6.07, 6.45) is 3.86. The van der Waals surface area contributed by atoms with Crippen molar-refractivity contribution in [1.82, 2.24) is 9.88 Å². The fourth-order valence-electron chi connectivity index (χ4n) is 2.01. The quantitative estimate of drug-likeness (QED) is 0.829. The highest BCUT2D eigenvalue weighted by Crippen LogP contribution is 2.18. The summed E-state index contributed by atoms with van der Waals surface area (Å²) in [5, 5.41) is 0. The average molecular weight is 268 g/mol. The van der Waals surface area contributed by atoms with Gasteiger partial charge in [-0.25, -0.2) is 0 Å². The molecule has 0 saturated heterocycles. The SMILES string of the molecule is CCCCN(C)C(=O)c1ccc(-c2ccccc2)cn1. The van der Waals surface area contributed by atoms with E-state index in [9.17, 15) is 4.79 Å². The Morgan fingerprint density at radius 2 is 1.85 bits per heavy atom. The van der Waals surface area contributed by atoms with Gasteiger partial charge in [-0.05, 0) is 18.1 Å². The van der Waals surface area contributed by atoms with Crippen molar-refractivity contribution in [2.45, 2.75) is 19.8 Å². The van der Waals surface area contributed by atoms with Gasteiger partial charge in [-0.15, -0.1) is 0 Å². The Labute approximate surface area is 120 Å². The predicted octanol–water partition coefficient (Wildman–Crippen LogP) is 3.62. The summed E-state index contributed by atoms with van der Waals surface area (Å²) >= 11 is 0. The smallest absolute Gasteiger partial charge is 0.272 e. The zero-order valence-electron chi connectivity index (χ0n) is 12.0. The summed E-state index contributed by atoms with van der Waals surface area (Å²) in [4.78, 5) is 18.2. The summed E-state index contributed by atoms with van der Waals surface area (Å²) in [6, 6.07) is 13.8. The first-order chi connectivity index (χ1) is 9.72. The van der Waals surface area contributed by atoms with E-state index in [1.165, 1.54) is 0 Å². The van der Waals surface area contributed by atoms with E-state index < -0.39 is 0 Å². The standard InChI is InChI=1S/C17H20N2O/c1-3-4-12-19(2)17(20)16-11-10-15(13-18-16)14-8-6-5-7-9-14/h5-11,13H,3-4,12H2,1-2H3. The molecule has 2 aromatic rings. The molecule has 2 rings (SSSR count). The molecule has 0 unspecified atom stereocenters. The van der Waals surface area contributed by atoms with Crippen LogP contribution in [0.2, 0.25) is 0 Å². The summed E-state index contributed by atoms with van der Waals surface area (Å²) in [6.45, 7) is 2.89. The van der Waals surface area contributed by atoms with E-state index in [0.717, 1.165) is 30.5 Å². The lowest BCUT2D eigenvalue weighted by Gasteiger charge is -2.16. The van der Waals surface area contributed by atoms with E-state index in [1.54, 1.807) is 17.2 Å². The zero-order valence-corrected chi connectivity index (χ0v) is 12.0. The molecule has 1 aromatic heterocycles. The lowest BCUT2D eigenvalue weighted by molar-refractivity contribution is 0.0787. The topological polar surface area (TPSA) is 33.2 Å². The molecular weight excluding hydrogens is 248 g/mol. The molecule has 3 nitrogen and oxygen atoms in total. The third kappa shape index (κ3) is 3.44. The molecule has 0 spiro atoms. The second kappa shape index (κ2) is 6.85. The van der Waals surface area contributed by atoms with Gasteiger partial charge in [0.2, 0.25) is 0 Å². The Morgan fingerprint density at radius 1 is 1.10 bits per heavy atom. The molecule has 0 atom stereocenters. The van der Waals surface area contributed by atoms with Crippen LogP contribution in [-0.2, 0) is 0 Å². The first-order valence-corrected chi connectivity index (χ1v) is 6.99. The van der Waals surface area contributed by atoms with Gasteiger partial charge in [0.15, 0.2) is 0 Å². The Hall–Kier alpha value is -2.16. The highest BCUT2D eigenvalue weighted by Gasteiger charge is 2.12. The van der Waals surface area contributed by atoms with Gasteiger partial charge in [-0.1, -0.05) is 49.7 Å². The van der Waals surface area contributed by atoms with Crippen LogP contribution < -0.4 is 0 Å². The van der Waals surface area contributed by atoms with Gasteiger partial charge in [-0.2, -0.15) is 0 Å². The highest BCUT2D eigenvalue weighted by molar-refractivity contribution is 5.92. The Kier molecular flexibility index (Phi) is 4.88. The molecule has 0 bridgehead atoms. The molecule has 104 valence electrons. The van der Waals surface area contributed by atoms with Gasteiger partial charge < -0.3 is 4.90 Å². The molecule has 1 aromatic carbocycles. The first kappa shape index (κ1) is 14.3. The van der Waals surface area contributed by atoms with Crippen molar-refractivity contribution in [3.05, 3.63) is 54.4 Å². The molecule has 0 aliphatic rings. The number of rotatable bonds is 5. The number of aromatic nitrogens is 1. The van der Waals surface area contributed by atoms with E-state index >= 15 is 0 Å². The minimum Gasteiger partial charge on any atom is -0.340 e. The maximum atomic E-state index is 12.2. The molecule has 1 heterocycles. The van der Waals surface area contributed by atoms with Crippen molar-refractivity contribution in [3.8, 4) is 11.1 Å². The average Bonchev–Trinajstić information content (AvgIpc) is 2.53. The van der Waals surface area contributed by atoms with Crippen molar-refractivity contribution < 1.29 is 4.79 Å². The number of benzene rings is 1. The molecule has 0 aliphatic carbocycles. The second-order valence-corrected chi connectivity index (χ2v) is 4.88. The fraction of sp³-hybridized carbons (Fsp3) is 0.294. The van der Waals surface area contributed by atoms with Crippen LogP contribution in [0.1, 0.15) is 30.3 Å². The Balaban J connectivity index is 2.10. The van der Waals surface area contributed by atoms with Gasteiger partial charge in [-0.3, -0.25) is 9.78 Å². The highest BCUT2D eigenvalue weighted by atomic mass is 16.2. The Morgan fingerprint density at radius 3 is 2.45 bits per heavy atom. The van der Waals surface area contributed by atoms with E-state index in [2.05, 4.69) is 11.9 Å². The van der Waals surface area contributed by atoms with Crippen LogP contribution in [0.25, 0.3) is 11.1 Å². The van der Waals surface area contributed by atoms with E-state index in [-0.39, 0.29) is 5.91 Å². The third-order valence-electron chi connectivity index (χ3n) is 3.28. The van der Waals surface area contributed by atoms with Crippen LogP contribution in [-0.4, -0.2) is 29.4 Å². The molecule has 20 heavy (non-hydrogen) atoms. The predicted molar refractivity (Wildman–Crippen MR) is 81.5 cm³/mol. The normalized spacial score (nSPS) is 10.3. The molecule has 1 amide bonds. The maximum absolute atomic E-state index is 12.2. The summed E-state index contributed by atoms with van der Waals surface area (Å²) < 4.78 is 0. The van der Waals surface area contributed by atoms with Crippen LogP contribution in [0.5, 0.6) is 0 Å². The maximum Gasteiger partial charge on any atom is 0.272 e. The van der Waals surface area contributed by atoms with Gasteiger partial charge in [0.1, 0.15) is 5.69 Å². The van der Waals surface area contributed by atoms with E-state index in [0.29, 0.717) is 5.69 Å². The number of nitrogens with zero attached hydrogens (tertiary/aromatic N) is 2. The minimum absolute atomic E-state index is 0.0157. The van der Waals surface area contributed by atoms with Crippen LogP contribution in [0.4, 0.5) is 0 Å². The van der Waals surface area contributed by atoms with Crippen LogP contribution in [0, 0.1) is 0 Å². The minimum atomic E-state index is -0.0157. The second-order valence-electron chi connectivity index (χ2n) is 4.88. The number of unbranched alkanes of at least 4 members (excludes halogenated alkanes) is 1. The molecule has 0 saturated carbocycles. The summed E-state index contributed by atoms with van der Waals surface area (Å²) in [7, 11) is 1.82. The zero-order chi connectivity index (χ0) is 14.4. The lowest BCUT2D eigenvalue weighted by Crippen LogP contribution is -2.28. The number of carbonyl (C=O) groups excluding carboxylic acids is 1. The molecule has 0 aliphatic heterocycles. The van der Waals surface area contributed by atoms with Crippen LogP contribution in [0.3, 0.4) is 0 Å². The first-order valence-electron chi connectivity index (χ1n) is 6.99. The number of pyridine rings is 1. The third-order valence-corrected chi connectivity index (χ3v) is 3.28. The van der Waals surface area contributed by atoms with Crippen molar-refractivity contribution in [2.75, 3.05) is 13.6 Å². The van der Waals surface area contributed by atoms with E-state index in [1.807, 2.05) is 43.4 Å². The summed E-state index contributed by atoms with van der Waals surface area (Å²) in [5.41, 5.74) is 2.64. The van der Waals surface area contributed by atoms with Crippen molar-refractivity contribution in [1.29, 1.82) is 0 Å². The fourth-order valence-corrected chi connectivity index (χ4v) is 2.01. The number of hydrogen-bond acceptors (Lipinski definition) is 2. The molecule has 3 heteroatoms. The largest absolute Gasteiger partial charge is 0.340 e. The van der Waals surface area contributed by atoms with Gasteiger partial charge in [0, 0.05) is 25.4 Å². The molecular formula is C17H20N2O. The number of amides is 1. The monoisotopic (exact) mass is 268 g/mol. The van der Waals surface area contributed by atoms with Crippen molar-refractivity contribution in [2.24, 2.45) is 0 Å².